The van der Waals surface area contributed by atoms with Gasteiger partial charge in [0.2, 0.25) is 0 Å². The molecular formula is C20H20FO2Y2-. The molecule has 1 aliphatic rings. The minimum Gasteiger partial charge on any atom is -0.450 e. The zero-order valence-electron chi connectivity index (χ0n) is 14.4. The number of esters is 1. The van der Waals surface area contributed by atoms with Crippen LogP contribution >= 0.6 is 0 Å². The van der Waals surface area contributed by atoms with Gasteiger partial charge in [-0.15, -0.1) is 12.1 Å². The van der Waals surface area contributed by atoms with Crippen LogP contribution < -0.4 is 4.74 Å². The van der Waals surface area contributed by atoms with Crippen molar-refractivity contribution in [1.29, 1.82) is 0 Å². The van der Waals surface area contributed by atoms with Gasteiger partial charge in [-0.05, 0) is 42.4 Å². The maximum absolute atomic E-state index is 13.1. The molecule has 2 aromatic rings. The Morgan fingerprint density at radius 1 is 1.08 bits per heavy atom. The maximum atomic E-state index is 13.1. The Bertz CT molecular complexity index is 680. The molecule has 0 N–H and O–H groups in total. The summed E-state index contributed by atoms with van der Waals surface area (Å²) in [6, 6.07) is 14.0. The molecule has 1 aliphatic carbocycles. The number of rotatable bonds is 3. The van der Waals surface area contributed by atoms with Crippen LogP contribution in [0.25, 0.3) is 0 Å². The summed E-state index contributed by atoms with van der Waals surface area (Å²) in [4.78, 5) is 12.1. The fraction of sp³-hybridized carbons (Fsp3) is 0.350. The number of carbonyl (C=O) groups excluding carboxylic acids is 1. The monoisotopic (exact) mass is 489 g/mol. The van der Waals surface area contributed by atoms with Gasteiger partial charge in [-0.3, -0.25) is 0 Å². The maximum Gasteiger partial charge on any atom is 0.341 e. The molecule has 0 aliphatic heterocycles. The fourth-order valence-corrected chi connectivity index (χ4v) is 3.13. The molecule has 3 rings (SSSR count). The summed E-state index contributed by atoms with van der Waals surface area (Å²) < 4.78 is 18.2. The summed E-state index contributed by atoms with van der Waals surface area (Å²) in [6.07, 6.45) is 4.96. The fourth-order valence-electron chi connectivity index (χ4n) is 3.13. The first kappa shape index (κ1) is 23.1. The van der Waals surface area contributed by atoms with Gasteiger partial charge in [-0.1, -0.05) is 38.0 Å². The van der Waals surface area contributed by atoms with Crippen molar-refractivity contribution >= 4 is 5.97 Å². The van der Waals surface area contributed by atoms with Gasteiger partial charge in [0.25, 0.3) is 0 Å². The third kappa shape index (κ3) is 6.61. The predicted molar refractivity (Wildman–Crippen MR) is 87.0 cm³/mol. The Balaban J connectivity index is 0.00000156. The Labute approximate surface area is 199 Å². The van der Waals surface area contributed by atoms with Crippen LogP contribution in [0.4, 0.5) is 4.39 Å². The normalized spacial score (nSPS) is 19.3. The molecule has 0 amide bonds. The molecule has 25 heavy (non-hydrogen) atoms. The van der Waals surface area contributed by atoms with Crippen molar-refractivity contribution in [3.05, 3.63) is 65.5 Å². The molecule has 0 atom stereocenters. The van der Waals surface area contributed by atoms with Crippen molar-refractivity contribution in [3.63, 3.8) is 0 Å². The van der Waals surface area contributed by atoms with Crippen LogP contribution in [0.5, 0.6) is 5.75 Å². The summed E-state index contributed by atoms with van der Waals surface area (Å²) in [7, 11) is 0. The van der Waals surface area contributed by atoms with Gasteiger partial charge in [0.1, 0.15) is 0 Å². The second kappa shape index (κ2) is 11.0. The van der Waals surface area contributed by atoms with Gasteiger partial charge in [0.15, 0.2) is 0 Å². The van der Waals surface area contributed by atoms with E-state index in [0.717, 1.165) is 12.0 Å². The van der Waals surface area contributed by atoms with Gasteiger partial charge in [-0.2, -0.15) is 6.07 Å². The first-order valence-corrected chi connectivity index (χ1v) is 8.11. The van der Waals surface area contributed by atoms with Gasteiger partial charge in [0.05, 0.1) is 5.56 Å². The van der Waals surface area contributed by atoms with Crippen LogP contribution in [0, 0.1) is 17.8 Å². The largest absolute Gasteiger partial charge is 0.450 e. The van der Waals surface area contributed by atoms with Gasteiger partial charge < -0.3 is 4.74 Å². The first-order valence-electron chi connectivity index (χ1n) is 8.11. The average Bonchev–Trinajstić information content (AvgIpc) is 2.56. The molecule has 0 bridgehead atoms. The van der Waals surface area contributed by atoms with E-state index in [0.29, 0.717) is 11.5 Å². The van der Waals surface area contributed by atoms with Crippen LogP contribution in [0.15, 0.2) is 42.5 Å². The number of halogens is 1. The molecule has 0 saturated heterocycles. The third-order valence-corrected chi connectivity index (χ3v) is 4.58. The van der Waals surface area contributed by atoms with E-state index in [1.54, 1.807) is 12.1 Å². The second-order valence-corrected chi connectivity index (χ2v) is 6.34. The van der Waals surface area contributed by atoms with Gasteiger partial charge >= 0.3 is 5.97 Å². The van der Waals surface area contributed by atoms with E-state index in [1.807, 2.05) is 12.1 Å². The molecule has 0 unspecified atom stereocenters. The predicted octanol–water partition coefficient (Wildman–Crippen LogP) is 5.13. The van der Waals surface area contributed by atoms with Crippen molar-refractivity contribution in [2.45, 2.75) is 38.5 Å². The molecule has 126 valence electrons. The van der Waals surface area contributed by atoms with Crippen LogP contribution in [-0.2, 0) is 65.4 Å². The number of ether oxygens (including phenoxy) is 1. The molecule has 2 aromatic carbocycles. The SMILES string of the molecule is CC1CCC(c2ccc(C(=O)Oc3cc[c-]c(F)c3)cc2)CC1.[Y].[Y]. The van der Waals surface area contributed by atoms with Crippen molar-refractivity contribution in [3.8, 4) is 5.75 Å². The van der Waals surface area contributed by atoms with E-state index in [4.69, 9.17) is 4.74 Å². The second-order valence-electron chi connectivity index (χ2n) is 6.34. The molecule has 0 spiro atoms. The molecule has 2 radical (unpaired) electrons. The summed E-state index contributed by atoms with van der Waals surface area (Å²) in [5.41, 5.74) is 1.76. The average molecular weight is 489 g/mol. The van der Waals surface area contributed by atoms with Gasteiger partial charge in [0, 0.05) is 77.0 Å². The summed E-state index contributed by atoms with van der Waals surface area (Å²) in [6.45, 7) is 2.31. The van der Waals surface area contributed by atoms with E-state index in [9.17, 15) is 9.18 Å². The van der Waals surface area contributed by atoms with Crippen molar-refractivity contribution in [2.24, 2.45) is 5.92 Å². The summed E-state index contributed by atoms with van der Waals surface area (Å²) >= 11 is 0. The van der Waals surface area contributed by atoms with E-state index in [2.05, 4.69) is 13.0 Å². The Morgan fingerprint density at radius 2 is 1.72 bits per heavy atom. The zero-order valence-corrected chi connectivity index (χ0v) is 20.1. The van der Waals surface area contributed by atoms with Crippen LogP contribution in [0.1, 0.15) is 54.4 Å². The number of hydrogen-bond donors (Lipinski definition) is 0. The molecule has 5 heteroatoms. The van der Waals surface area contributed by atoms with E-state index >= 15 is 0 Å². The first-order chi connectivity index (χ1) is 11.1. The third-order valence-electron chi connectivity index (χ3n) is 4.58. The number of hydrogen-bond acceptors (Lipinski definition) is 2. The number of benzene rings is 2. The Kier molecular flexibility index (Phi) is 10.2. The standard InChI is InChI=1S/C20H20FO2.2Y/c1-14-5-7-15(8-6-14)16-9-11-17(12-10-16)20(22)23-19-4-2-3-18(21)13-19;;/h2,4,9-15H,5-8H2,1H3;;/q-1;;. The molecule has 1 fully saturated rings. The zero-order chi connectivity index (χ0) is 16.2. The summed E-state index contributed by atoms with van der Waals surface area (Å²) in [5, 5.41) is 0. The minimum atomic E-state index is -0.544. The van der Waals surface area contributed by atoms with Crippen molar-refractivity contribution in [1.82, 2.24) is 0 Å². The van der Waals surface area contributed by atoms with E-state index in [-0.39, 0.29) is 71.2 Å². The van der Waals surface area contributed by atoms with E-state index in [1.165, 1.54) is 43.4 Å². The molecule has 0 heterocycles. The molecular weight excluding hydrogens is 469 g/mol. The molecule has 1 saturated carbocycles. The molecule has 2 nitrogen and oxygen atoms in total. The molecule has 0 aromatic heterocycles. The quantitative estimate of drug-likeness (QED) is 0.340. The summed E-state index contributed by atoms with van der Waals surface area (Å²) in [5.74, 6) is 0.590. The van der Waals surface area contributed by atoms with Crippen molar-refractivity contribution < 1.29 is 79.3 Å². The van der Waals surface area contributed by atoms with Gasteiger partial charge in [-0.25, -0.2) is 9.18 Å². The minimum absolute atomic E-state index is 0. The smallest absolute Gasteiger partial charge is 0.341 e. The van der Waals surface area contributed by atoms with Crippen LogP contribution in [0.2, 0.25) is 0 Å². The van der Waals surface area contributed by atoms with Crippen LogP contribution in [0.3, 0.4) is 0 Å². The van der Waals surface area contributed by atoms with E-state index < -0.39 is 11.8 Å². The Hall–Kier alpha value is 0.0478. The topological polar surface area (TPSA) is 26.3 Å². The Morgan fingerprint density at radius 3 is 2.32 bits per heavy atom. The van der Waals surface area contributed by atoms with Crippen molar-refractivity contribution in [2.75, 3.05) is 0 Å². The number of carbonyl (C=O) groups is 1. The van der Waals surface area contributed by atoms with Crippen LogP contribution in [-0.4, -0.2) is 5.97 Å².